The van der Waals surface area contributed by atoms with Crippen molar-refractivity contribution in [2.24, 2.45) is 29.4 Å². The highest BCUT2D eigenvalue weighted by Gasteiger charge is 2.54. The first-order chi connectivity index (χ1) is 35.7. The van der Waals surface area contributed by atoms with Crippen LogP contribution in [0.2, 0.25) is 0 Å². The van der Waals surface area contributed by atoms with Crippen LogP contribution in [0.25, 0.3) is 0 Å². The Kier molecular flexibility index (Phi) is 31.9. The third-order valence-electron chi connectivity index (χ3n) is 15.2. The second kappa shape index (κ2) is 33.9. The van der Waals surface area contributed by atoms with E-state index in [1.807, 2.05) is 25.9 Å². The molecule has 0 aromatic rings. The maximum absolute atomic E-state index is 14.2. The number of unbranched alkanes of at least 4 members (excludes halogenated alkanes) is 9. The minimum Gasteiger partial charge on any atom is -0.459 e. The molecule has 3 fully saturated rings. The quantitative estimate of drug-likeness (QED) is 0.0231. The molecule has 3 heterocycles. The van der Waals surface area contributed by atoms with Crippen molar-refractivity contribution in [1.82, 2.24) is 10.4 Å². The molecule has 0 aromatic heterocycles. The van der Waals surface area contributed by atoms with Crippen LogP contribution in [0.1, 0.15) is 179 Å². The summed E-state index contributed by atoms with van der Waals surface area (Å²) in [7, 11) is 0.973. The number of nitrogens with zero attached hydrogens (tertiary/aromatic N) is 1. The van der Waals surface area contributed by atoms with E-state index in [9.17, 15) is 48.0 Å². The Morgan fingerprint density at radius 1 is 0.818 bits per heavy atom. The van der Waals surface area contributed by atoms with Gasteiger partial charge in [0.1, 0.15) is 23.6 Å². The number of hydroxylamine groups is 1. The summed E-state index contributed by atoms with van der Waals surface area (Å²) in [5, 5.41) is 54.0. The number of likely N-dealkylation sites (N-methyl/N-ethyl adjacent to an activating group) is 1. The number of Topliss-reactive ketones (excluding diaryl/α,β-unsaturated/α-hetero) is 1. The van der Waals surface area contributed by atoms with Crippen molar-refractivity contribution in [1.29, 1.82) is 0 Å². The van der Waals surface area contributed by atoms with E-state index in [1.54, 1.807) is 48.5 Å². The summed E-state index contributed by atoms with van der Waals surface area (Å²) < 4.78 is 76.6. The number of amides is 2. The van der Waals surface area contributed by atoms with Crippen molar-refractivity contribution >= 4 is 34.2 Å². The molecule has 18 unspecified atom stereocenters. The van der Waals surface area contributed by atoms with Crippen LogP contribution >= 0.6 is 0 Å². The SMILES string of the molecule is CCC(=O)OC1C(OC2C(C)C(OC3CC(C)(OC)C(O)C(C)O3)C(C)C(=O)OC(CC)C(C)(O)C(O)C(C)C(=O)C(C)CC2(C)O)OC(C)CC1N(C)C.CCCCCCCCCCCCOS(=O)(=O)O.NC(=O)NO. The fourth-order valence-corrected chi connectivity index (χ4v) is 10.8. The molecule has 0 spiro atoms. The molecule has 0 saturated carbocycles. The second-order valence-electron chi connectivity index (χ2n) is 22.2. The largest absolute Gasteiger partial charge is 0.459 e. The summed E-state index contributed by atoms with van der Waals surface area (Å²) in [6.45, 7) is 20.3. The molecule has 3 rings (SSSR count). The summed E-state index contributed by atoms with van der Waals surface area (Å²) in [5.74, 6) is -5.59. The minimum atomic E-state index is -4.23. The molecule has 3 saturated heterocycles. The topological polar surface area (TPSA) is 339 Å². The van der Waals surface area contributed by atoms with Gasteiger partial charge in [-0.2, -0.15) is 8.42 Å². The molecule has 0 bridgehead atoms. The summed E-state index contributed by atoms with van der Waals surface area (Å²) in [6, 6.07) is -1.26. The first-order valence-electron chi connectivity index (χ1n) is 27.6. The monoisotopic (exact) mass is 1130 g/mol. The molecule has 3 aliphatic heterocycles. The highest BCUT2D eigenvalue weighted by molar-refractivity contribution is 7.80. The van der Waals surface area contributed by atoms with E-state index < -0.39 is 130 Å². The van der Waals surface area contributed by atoms with Gasteiger partial charge in [-0.25, -0.2) is 14.5 Å². The lowest BCUT2D eigenvalue weighted by Crippen LogP contribution is -2.61. The summed E-state index contributed by atoms with van der Waals surface area (Å²) >= 11 is 0. The van der Waals surface area contributed by atoms with Gasteiger partial charge >= 0.3 is 28.4 Å². The van der Waals surface area contributed by atoms with Crippen molar-refractivity contribution in [2.75, 3.05) is 27.8 Å². The highest BCUT2D eigenvalue weighted by atomic mass is 32.3. The Balaban J connectivity index is 0.00000112. The number of primary amides is 1. The van der Waals surface area contributed by atoms with Crippen molar-refractivity contribution in [3.63, 3.8) is 0 Å². The van der Waals surface area contributed by atoms with Gasteiger partial charge in [-0.05, 0) is 81.3 Å². The first kappa shape index (κ1) is 72.3. The molecular formula is C53H101N3O20S. The van der Waals surface area contributed by atoms with E-state index in [0.717, 1.165) is 12.8 Å². The van der Waals surface area contributed by atoms with Gasteiger partial charge in [0.2, 0.25) is 0 Å². The van der Waals surface area contributed by atoms with Crippen molar-refractivity contribution in [3.05, 3.63) is 0 Å². The molecule has 0 aromatic carbocycles. The Morgan fingerprint density at radius 3 is 1.84 bits per heavy atom. The van der Waals surface area contributed by atoms with Crippen LogP contribution in [0.4, 0.5) is 4.79 Å². The van der Waals surface area contributed by atoms with Crippen molar-refractivity contribution < 1.29 is 95.1 Å². The average Bonchev–Trinajstić information content (AvgIpc) is 3.35. The normalized spacial score (nSPS) is 36.5. The number of carbonyl (C=O) groups is 4. The van der Waals surface area contributed by atoms with Crippen LogP contribution < -0.4 is 11.2 Å². The zero-order valence-electron chi connectivity index (χ0n) is 48.8. The number of rotatable bonds is 21. The number of urea groups is 1. The van der Waals surface area contributed by atoms with Crippen LogP contribution in [0.15, 0.2) is 0 Å². The smallest absolute Gasteiger partial charge is 0.397 e. The van der Waals surface area contributed by atoms with Gasteiger partial charge in [-0.3, -0.25) is 24.1 Å². The third kappa shape index (κ3) is 23.4. The maximum Gasteiger partial charge on any atom is 0.397 e. The van der Waals surface area contributed by atoms with Crippen LogP contribution in [0.3, 0.4) is 0 Å². The Bertz CT molecular complexity index is 1860. The van der Waals surface area contributed by atoms with Crippen molar-refractivity contribution in [3.8, 4) is 0 Å². The average molecular weight is 1130 g/mol. The second-order valence-corrected chi connectivity index (χ2v) is 23.3. The standard InChI is InChI=1S/C40H71NO14.C12H26O4S.CH4N2O2/c1-15-27-40(11,48)33(44)22(5)30(43)20(3)18-38(9,47)35(55-37-32(53-28(42)16-2)26(41(12)13)17-21(4)50-37)23(6)31(24(7)36(46)52-27)54-29-19-39(10,49-14)34(45)25(8)51-29;1-2-3-4-5-6-7-8-9-10-11-12-16-17(13,14)15;2-1(4)3-5/h20-27,29,31-35,37,44-45,47-48H,15-19H2,1-14H3;2-12H2,1H3,(H,13,14,15);5H,(H3,2,3,4). The predicted octanol–water partition coefficient (Wildman–Crippen LogP) is 5.52. The number of hydrogen-bond donors (Lipinski definition) is 8. The molecule has 2 amide bonds. The van der Waals surface area contributed by atoms with Gasteiger partial charge in [-0.1, -0.05) is 99.3 Å². The fraction of sp³-hybridized carbons (Fsp3) is 0.925. The minimum absolute atomic E-state index is 0.0760. The number of ketones is 1. The number of hydrogen-bond acceptors (Lipinski definition) is 20. The molecule has 23 nitrogen and oxygen atoms in total. The molecule has 9 N–H and O–H groups in total. The number of esters is 2. The number of ether oxygens (including phenoxy) is 7. The predicted molar refractivity (Wildman–Crippen MR) is 284 cm³/mol. The van der Waals surface area contributed by atoms with Crippen LogP contribution in [-0.2, 0) is 62.1 Å². The number of aliphatic hydroxyl groups is 4. The number of nitrogens with one attached hydrogen (secondary N) is 1. The van der Waals surface area contributed by atoms with Gasteiger partial charge < -0.3 is 64.2 Å². The van der Waals surface area contributed by atoms with E-state index in [0.29, 0.717) is 12.8 Å². The number of cyclic esters (lactones) is 1. The van der Waals surface area contributed by atoms with E-state index in [-0.39, 0.29) is 44.4 Å². The zero-order chi connectivity index (χ0) is 59.2. The first-order valence-corrected chi connectivity index (χ1v) is 29.0. The summed E-state index contributed by atoms with van der Waals surface area (Å²) in [6.07, 6.45) is 2.17. The van der Waals surface area contributed by atoms with Crippen LogP contribution in [0, 0.1) is 23.7 Å². The number of carbonyl (C=O) groups excluding carboxylic acids is 4. The van der Waals surface area contributed by atoms with E-state index in [1.165, 1.54) is 78.3 Å². The Morgan fingerprint density at radius 2 is 1.36 bits per heavy atom. The van der Waals surface area contributed by atoms with Crippen LogP contribution in [-0.4, -0.2) is 179 Å². The number of methoxy groups -OCH3 is 1. The van der Waals surface area contributed by atoms with E-state index in [2.05, 4.69) is 16.8 Å². The molecule has 77 heavy (non-hydrogen) atoms. The summed E-state index contributed by atoms with van der Waals surface area (Å²) in [5.41, 5.74) is 0.537. The van der Waals surface area contributed by atoms with Gasteiger partial charge in [0.05, 0.1) is 60.3 Å². The van der Waals surface area contributed by atoms with Gasteiger partial charge in [0.15, 0.2) is 18.7 Å². The molecule has 3 aliphatic rings. The lowest BCUT2D eigenvalue weighted by Gasteiger charge is -2.49. The third-order valence-corrected chi connectivity index (χ3v) is 15.7. The lowest BCUT2D eigenvalue weighted by molar-refractivity contribution is -0.319. The number of nitrogens with two attached hydrogens (primary N) is 1. The Hall–Kier alpha value is -2.69. The molecule has 454 valence electrons. The molecule has 24 heteroatoms. The van der Waals surface area contributed by atoms with E-state index in [4.69, 9.17) is 42.9 Å². The Labute approximate surface area is 459 Å². The molecular weight excluding hydrogens is 1030 g/mol. The number of aliphatic hydroxyl groups excluding tert-OH is 2. The van der Waals surface area contributed by atoms with E-state index >= 15 is 0 Å². The highest BCUT2D eigenvalue weighted by Crippen LogP contribution is 2.41. The van der Waals surface area contributed by atoms with Gasteiger partial charge in [0.25, 0.3) is 0 Å². The van der Waals surface area contributed by atoms with Crippen molar-refractivity contribution in [2.45, 2.75) is 264 Å². The molecule has 0 aliphatic carbocycles. The summed E-state index contributed by atoms with van der Waals surface area (Å²) in [4.78, 5) is 52.1. The van der Waals surface area contributed by atoms with Crippen LogP contribution in [0.5, 0.6) is 0 Å². The molecule has 18 atom stereocenters. The lowest BCUT2D eigenvalue weighted by atomic mass is 9.74. The van der Waals surface area contributed by atoms with Gasteiger partial charge in [-0.15, -0.1) is 0 Å². The fourth-order valence-electron chi connectivity index (χ4n) is 10.5. The molecule has 0 radical (unpaired) electrons. The zero-order valence-corrected chi connectivity index (χ0v) is 49.6. The van der Waals surface area contributed by atoms with Gasteiger partial charge in [0, 0.05) is 37.7 Å². The maximum atomic E-state index is 14.2.